The van der Waals surface area contributed by atoms with Crippen LogP contribution in [0.4, 0.5) is 4.39 Å². The second-order valence-electron chi connectivity index (χ2n) is 3.95. The number of benzene rings is 1. The Hall–Kier alpha value is -1.50. The molecule has 0 bridgehead atoms. The average Bonchev–Trinajstić information content (AvgIpc) is 2.44. The van der Waals surface area contributed by atoms with Crippen LogP contribution in [0.15, 0.2) is 23.1 Å². The molecule has 0 saturated carbocycles. The summed E-state index contributed by atoms with van der Waals surface area (Å²) in [6.45, 7) is -1.73. The van der Waals surface area contributed by atoms with Crippen molar-refractivity contribution >= 4 is 10.0 Å². The second-order valence-corrected chi connectivity index (χ2v) is 5.86. The standard InChI is InChI=1S/C13H16FNO5S/c14-12-3-4-13(11(10-12)2-1-7-16)21(19,20)15(5-8-17)6-9-18/h3-4,10,16-18H,5-9H2. The van der Waals surface area contributed by atoms with Crippen molar-refractivity contribution in [2.24, 2.45) is 0 Å². The molecule has 21 heavy (non-hydrogen) atoms. The van der Waals surface area contributed by atoms with Crippen LogP contribution in [0.3, 0.4) is 0 Å². The summed E-state index contributed by atoms with van der Waals surface area (Å²) >= 11 is 0. The predicted octanol–water partition coefficient (Wildman–Crippen LogP) is -0.855. The largest absolute Gasteiger partial charge is 0.395 e. The molecule has 0 saturated heterocycles. The Morgan fingerprint density at radius 1 is 1.14 bits per heavy atom. The van der Waals surface area contributed by atoms with Crippen molar-refractivity contribution in [3.63, 3.8) is 0 Å². The van der Waals surface area contributed by atoms with Gasteiger partial charge >= 0.3 is 0 Å². The molecule has 0 spiro atoms. The third-order valence-electron chi connectivity index (χ3n) is 2.56. The fraction of sp³-hybridized carbons (Fsp3) is 0.385. The Kier molecular flexibility index (Phi) is 6.74. The zero-order valence-electron chi connectivity index (χ0n) is 11.2. The van der Waals surface area contributed by atoms with Gasteiger partial charge in [0.1, 0.15) is 12.4 Å². The Morgan fingerprint density at radius 3 is 2.29 bits per heavy atom. The minimum absolute atomic E-state index is 0.0927. The van der Waals surface area contributed by atoms with E-state index in [-0.39, 0.29) is 23.5 Å². The molecule has 8 heteroatoms. The first kappa shape index (κ1) is 17.6. The van der Waals surface area contributed by atoms with Crippen LogP contribution in [-0.2, 0) is 10.0 Å². The van der Waals surface area contributed by atoms with Gasteiger partial charge in [-0.05, 0) is 18.2 Å². The first-order valence-electron chi connectivity index (χ1n) is 6.08. The lowest BCUT2D eigenvalue weighted by atomic mass is 10.2. The van der Waals surface area contributed by atoms with E-state index < -0.39 is 35.7 Å². The van der Waals surface area contributed by atoms with Gasteiger partial charge in [-0.15, -0.1) is 0 Å². The summed E-state index contributed by atoms with van der Waals surface area (Å²) in [5.41, 5.74) is -0.0927. The molecular weight excluding hydrogens is 301 g/mol. The van der Waals surface area contributed by atoms with E-state index in [2.05, 4.69) is 11.8 Å². The van der Waals surface area contributed by atoms with Crippen LogP contribution >= 0.6 is 0 Å². The Morgan fingerprint density at radius 2 is 1.76 bits per heavy atom. The van der Waals surface area contributed by atoms with Crippen LogP contribution in [0.25, 0.3) is 0 Å². The lowest BCUT2D eigenvalue weighted by molar-refractivity contribution is 0.217. The third kappa shape index (κ3) is 4.49. The van der Waals surface area contributed by atoms with E-state index in [1.54, 1.807) is 0 Å². The van der Waals surface area contributed by atoms with Gasteiger partial charge in [0.15, 0.2) is 0 Å². The monoisotopic (exact) mass is 317 g/mol. The summed E-state index contributed by atoms with van der Waals surface area (Å²) in [6, 6.07) is 2.99. The molecule has 1 aromatic carbocycles. The zero-order chi connectivity index (χ0) is 15.9. The van der Waals surface area contributed by atoms with Gasteiger partial charge in [-0.1, -0.05) is 11.8 Å². The Labute approximate surface area is 122 Å². The molecule has 0 fully saturated rings. The number of halogens is 1. The highest BCUT2D eigenvalue weighted by Crippen LogP contribution is 2.20. The number of rotatable bonds is 6. The molecule has 3 N–H and O–H groups in total. The molecule has 0 aliphatic heterocycles. The topological polar surface area (TPSA) is 98.1 Å². The molecule has 0 radical (unpaired) electrons. The van der Waals surface area contributed by atoms with Gasteiger partial charge < -0.3 is 15.3 Å². The fourth-order valence-corrected chi connectivity index (χ4v) is 3.22. The van der Waals surface area contributed by atoms with E-state index in [9.17, 15) is 12.8 Å². The molecule has 0 amide bonds. The van der Waals surface area contributed by atoms with E-state index in [0.717, 1.165) is 22.5 Å². The normalized spacial score (nSPS) is 11.3. The molecular formula is C13H16FNO5S. The molecule has 116 valence electrons. The highest BCUT2D eigenvalue weighted by Gasteiger charge is 2.26. The van der Waals surface area contributed by atoms with E-state index in [4.69, 9.17) is 15.3 Å². The van der Waals surface area contributed by atoms with Gasteiger partial charge in [0, 0.05) is 18.7 Å². The van der Waals surface area contributed by atoms with E-state index in [1.165, 1.54) is 0 Å². The van der Waals surface area contributed by atoms with E-state index >= 15 is 0 Å². The lowest BCUT2D eigenvalue weighted by Gasteiger charge is -2.21. The number of hydrogen-bond donors (Lipinski definition) is 3. The molecule has 0 aromatic heterocycles. The molecule has 0 aliphatic rings. The first-order chi connectivity index (χ1) is 9.97. The van der Waals surface area contributed by atoms with E-state index in [0.29, 0.717) is 0 Å². The van der Waals surface area contributed by atoms with Crippen molar-refractivity contribution in [1.29, 1.82) is 0 Å². The van der Waals surface area contributed by atoms with Crippen LogP contribution in [0.5, 0.6) is 0 Å². The first-order valence-corrected chi connectivity index (χ1v) is 7.52. The van der Waals surface area contributed by atoms with Crippen LogP contribution in [0.1, 0.15) is 5.56 Å². The number of aliphatic hydroxyl groups is 3. The van der Waals surface area contributed by atoms with Crippen molar-refractivity contribution in [3.05, 3.63) is 29.6 Å². The van der Waals surface area contributed by atoms with Crippen LogP contribution in [0.2, 0.25) is 0 Å². The lowest BCUT2D eigenvalue weighted by Crippen LogP contribution is -2.36. The van der Waals surface area contributed by atoms with E-state index in [1.807, 2.05) is 0 Å². The Balaban J connectivity index is 3.35. The molecule has 0 atom stereocenters. The summed E-state index contributed by atoms with van der Waals surface area (Å²) in [6.07, 6.45) is 0. The van der Waals surface area contributed by atoms with Gasteiger partial charge in [-0.25, -0.2) is 12.8 Å². The summed E-state index contributed by atoms with van der Waals surface area (Å²) < 4.78 is 39.0. The highest BCUT2D eigenvalue weighted by molar-refractivity contribution is 7.89. The average molecular weight is 317 g/mol. The highest BCUT2D eigenvalue weighted by atomic mass is 32.2. The summed E-state index contributed by atoms with van der Waals surface area (Å²) in [5, 5.41) is 26.5. The van der Waals surface area contributed by atoms with Gasteiger partial charge in [0.2, 0.25) is 10.0 Å². The minimum atomic E-state index is -4.04. The summed E-state index contributed by atoms with van der Waals surface area (Å²) in [4.78, 5) is -0.244. The van der Waals surface area contributed by atoms with Crippen molar-refractivity contribution < 1.29 is 28.1 Å². The van der Waals surface area contributed by atoms with Crippen molar-refractivity contribution in [1.82, 2.24) is 4.31 Å². The summed E-state index contributed by atoms with van der Waals surface area (Å²) in [5.74, 6) is 3.98. The molecule has 1 rings (SSSR count). The maximum Gasteiger partial charge on any atom is 0.244 e. The van der Waals surface area contributed by atoms with Crippen molar-refractivity contribution in [2.75, 3.05) is 32.9 Å². The van der Waals surface area contributed by atoms with Gasteiger partial charge in [-0.2, -0.15) is 4.31 Å². The smallest absolute Gasteiger partial charge is 0.244 e. The second kappa shape index (κ2) is 8.07. The summed E-state index contributed by atoms with van der Waals surface area (Å²) in [7, 11) is -4.04. The molecule has 6 nitrogen and oxygen atoms in total. The molecule has 0 aliphatic carbocycles. The molecule has 0 unspecified atom stereocenters. The maximum atomic E-state index is 13.2. The zero-order valence-corrected chi connectivity index (χ0v) is 12.0. The molecule has 1 aromatic rings. The Bertz CT molecular complexity index is 630. The number of hydrogen-bond acceptors (Lipinski definition) is 5. The number of nitrogens with zero attached hydrogens (tertiary/aromatic N) is 1. The van der Waals surface area contributed by atoms with Gasteiger partial charge in [-0.3, -0.25) is 0 Å². The fourth-order valence-electron chi connectivity index (χ4n) is 1.67. The SMILES string of the molecule is O=S(=O)(c1ccc(F)cc1C#CCO)N(CCO)CCO. The minimum Gasteiger partial charge on any atom is -0.395 e. The molecule has 0 heterocycles. The van der Waals surface area contributed by atoms with Crippen molar-refractivity contribution in [2.45, 2.75) is 4.90 Å². The van der Waals surface area contributed by atoms with Crippen LogP contribution < -0.4 is 0 Å². The van der Waals surface area contributed by atoms with Gasteiger partial charge in [0.05, 0.1) is 18.1 Å². The number of aliphatic hydroxyl groups excluding tert-OH is 3. The quantitative estimate of drug-likeness (QED) is 0.594. The van der Waals surface area contributed by atoms with Gasteiger partial charge in [0.25, 0.3) is 0 Å². The third-order valence-corrected chi connectivity index (χ3v) is 4.52. The van der Waals surface area contributed by atoms with Crippen LogP contribution in [-0.4, -0.2) is 61.0 Å². The van der Waals surface area contributed by atoms with Crippen molar-refractivity contribution in [3.8, 4) is 11.8 Å². The number of sulfonamides is 1. The predicted molar refractivity (Wildman–Crippen MR) is 73.3 cm³/mol. The maximum absolute atomic E-state index is 13.2. The van der Waals surface area contributed by atoms with Crippen LogP contribution in [0, 0.1) is 17.7 Å².